The van der Waals surface area contributed by atoms with E-state index in [0.717, 1.165) is 18.4 Å². The number of hydrogen-bond donors (Lipinski definition) is 2. The summed E-state index contributed by atoms with van der Waals surface area (Å²) in [7, 11) is 0. The van der Waals surface area contributed by atoms with Crippen LogP contribution in [0, 0.1) is 5.92 Å². The van der Waals surface area contributed by atoms with Crippen LogP contribution in [0.25, 0.3) is 0 Å². The smallest absolute Gasteiger partial charge is 0.302 e. The third-order valence-electron chi connectivity index (χ3n) is 6.96. The summed E-state index contributed by atoms with van der Waals surface area (Å²) in [5.74, 6) is -0.336. The van der Waals surface area contributed by atoms with Gasteiger partial charge in [0.1, 0.15) is 24.4 Å². The van der Waals surface area contributed by atoms with Gasteiger partial charge in [0.25, 0.3) is 0 Å². The number of amides is 1. The zero-order valence-electron chi connectivity index (χ0n) is 21.8. The first kappa shape index (κ1) is 27.6. The average molecular weight is 492 g/mol. The van der Waals surface area contributed by atoms with E-state index in [-0.39, 0.29) is 48.3 Å². The number of aliphatic hydroxyl groups excluding tert-OH is 1. The van der Waals surface area contributed by atoms with Gasteiger partial charge in [-0.25, -0.2) is 0 Å². The lowest BCUT2D eigenvalue weighted by atomic mass is 9.83. The SMILES string of the molecule is CC(=O)OC/C=C\C(=O)NC1C[C@H](C)[C@H](C/C=C(C)/C=C/[C@H]2OC(C)(C)C[C@@]3(CO3)[C@@H]2O)O[C@@H]1C. The molecule has 196 valence electrons. The number of carbonyl (C=O) groups is 2. The molecule has 1 spiro atoms. The van der Waals surface area contributed by atoms with Gasteiger partial charge in [-0.3, -0.25) is 9.59 Å². The van der Waals surface area contributed by atoms with E-state index in [1.807, 2.05) is 39.8 Å². The maximum Gasteiger partial charge on any atom is 0.302 e. The number of rotatable bonds is 8. The number of allylic oxidation sites excluding steroid dienone is 2. The molecule has 0 bridgehead atoms. The molecule has 8 nitrogen and oxygen atoms in total. The Kier molecular flexibility index (Phi) is 8.96. The van der Waals surface area contributed by atoms with Crippen molar-refractivity contribution in [2.45, 2.75) is 102 Å². The van der Waals surface area contributed by atoms with E-state index in [2.05, 4.69) is 18.3 Å². The van der Waals surface area contributed by atoms with Crippen molar-refractivity contribution in [3.8, 4) is 0 Å². The fourth-order valence-corrected chi connectivity index (χ4v) is 4.99. The van der Waals surface area contributed by atoms with Gasteiger partial charge < -0.3 is 29.4 Å². The summed E-state index contributed by atoms with van der Waals surface area (Å²) in [6.45, 7) is 12.2. The fourth-order valence-electron chi connectivity index (χ4n) is 4.99. The van der Waals surface area contributed by atoms with Crippen LogP contribution in [-0.4, -0.2) is 71.9 Å². The normalized spacial score (nSPS) is 37.1. The molecule has 0 saturated carbocycles. The van der Waals surface area contributed by atoms with Crippen LogP contribution in [-0.2, 0) is 28.5 Å². The second-order valence-corrected chi connectivity index (χ2v) is 10.8. The Morgan fingerprint density at radius 2 is 1.91 bits per heavy atom. The van der Waals surface area contributed by atoms with Gasteiger partial charge in [-0.2, -0.15) is 0 Å². The van der Waals surface area contributed by atoms with Crippen LogP contribution in [0.5, 0.6) is 0 Å². The van der Waals surface area contributed by atoms with Gasteiger partial charge in [0.05, 0.1) is 30.5 Å². The number of nitrogens with one attached hydrogen (secondary N) is 1. The molecule has 3 rings (SSSR count). The van der Waals surface area contributed by atoms with Crippen molar-refractivity contribution in [1.82, 2.24) is 5.32 Å². The van der Waals surface area contributed by atoms with Crippen molar-refractivity contribution in [2.24, 2.45) is 5.92 Å². The molecule has 2 N–H and O–H groups in total. The Morgan fingerprint density at radius 3 is 2.57 bits per heavy atom. The topological polar surface area (TPSA) is 107 Å². The number of carbonyl (C=O) groups excluding carboxylic acids is 2. The Balaban J connectivity index is 1.48. The molecule has 3 saturated heterocycles. The van der Waals surface area contributed by atoms with E-state index in [0.29, 0.717) is 13.0 Å². The molecule has 0 radical (unpaired) electrons. The molecule has 3 heterocycles. The molecule has 0 aromatic heterocycles. The molecule has 7 atom stereocenters. The Morgan fingerprint density at radius 1 is 1.20 bits per heavy atom. The second-order valence-electron chi connectivity index (χ2n) is 10.8. The minimum Gasteiger partial charge on any atom is -0.462 e. The summed E-state index contributed by atoms with van der Waals surface area (Å²) in [5.41, 5.74) is 0.278. The first-order valence-corrected chi connectivity index (χ1v) is 12.5. The van der Waals surface area contributed by atoms with E-state index in [1.54, 1.807) is 0 Å². The average Bonchev–Trinajstić information content (AvgIpc) is 3.53. The third-order valence-corrected chi connectivity index (χ3v) is 6.96. The quantitative estimate of drug-likeness (QED) is 0.233. The van der Waals surface area contributed by atoms with Crippen LogP contribution in [0.4, 0.5) is 0 Å². The Bertz CT molecular complexity index is 858. The molecule has 0 aliphatic carbocycles. The van der Waals surface area contributed by atoms with Crippen molar-refractivity contribution in [3.05, 3.63) is 36.0 Å². The highest BCUT2D eigenvalue weighted by molar-refractivity contribution is 5.87. The summed E-state index contributed by atoms with van der Waals surface area (Å²) in [6.07, 6.45) is 10.1. The first-order valence-electron chi connectivity index (χ1n) is 12.5. The van der Waals surface area contributed by atoms with Crippen molar-refractivity contribution in [3.63, 3.8) is 0 Å². The molecule has 0 aromatic rings. The first-order chi connectivity index (χ1) is 16.4. The summed E-state index contributed by atoms with van der Waals surface area (Å²) in [6, 6.07) is -0.0812. The second kappa shape index (κ2) is 11.4. The molecule has 3 aliphatic heterocycles. The van der Waals surface area contributed by atoms with E-state index in [9.17, 15) is 14.7 Å². The monoisotopic (exact) mass is 491 g/mol. The van der Waals surface area contributed by atoms with E-state index in [1.165, 1.54) is 19.1 Å². The minimum atomic E-state index is -0.661. The molecule has 1 unspecified atom stereocenters. The molecule has 0 aromatic carbocycles. The van der Waals surface area contributed by atoms with Crippen molar-refractivity contribution < 1.29 is 33.6 Å². The van der Waals surface area contributed by atoms with Crippen LogP contribution >= 0.6 is 0 Å². The summed E-state index contributed by atoms with van der Waals surface area (Å²) in [5, 5.41) is 13.7. The molecular weight excluding hydrogens is 450 g/mol. The molecule has 35 heavy (non-hydrogen) atoms. The Labute approximate surface area is 208 Å². The van der Waals surface area contributed by atoms with Crippen LogP contribution < -0.4 is 5.32 Å². The lowest BCUT2D eigenvalue weighted by Crippen LogP contribution is -2.53. The number of hydrogen-bond acceptors (Lipinski definition) is 7. The highest BCUT2D eigenvalue weighted by Crippen LogP contribution is 2.46. The van der Waals surface area contributed by atoms with Gasteiger partial charge in [-0.05, 0) is 52.5 Å². The zero-order valence-corrected chi connectivity index (χ0v) is 21.8. The number of esters is 1. The van der Waals surface area contributed by atoms with Gasteiger partial charge >= 0.3 is 5.97 Å². The van der Waals surface area contributed by atoms with Crippen LogP contribution in [0.1, 0.15) is 60.8 Å². The van der Waals surface area contributed by atoms with Crippen LogP contribution in [0.15, 0.2) is 36.0 Å². The fraction of sp³-hybridized carbons (Fsp3) is 0.704. The standard InChI is InChI=1S/C27H41NO7/c1-17(10-12-23-25(31)27(16-33-27)15-26(5,6)35-23)9-11-22-18(2)14-21(19(3)34-22)28-24(30)8-7-13-32-20(4)29/h7-10,12,18-19,21-23,25,31H,11,13-16H2,1-6H3,(H,28,30)/b8-7-,12-10+,17-9+/t18-,19+,21?,22-,23+,25+,27+/m0/s1. The maximum absolute atomic E-state index is 12.2. The highest BCUT2D eigenvalue weighted by atomic mass is 16.6. The van der Waals surface area contributed by atoms with E-state index in [4.69, 9.17) is 18.9 Å². The van der Waals surface area contributed by atoms with Gasteiger partial charge in [-0.1, -0.05) is 30.7 Å². The third kappa shape index (κ3) is 7.74. The minimum absolute atomic E-state index is 0.0552. The summed E-state index contributed by atoms with van der Waals surface area (Å²) < 4.78 is 22.7. The largest absolute Gasteiger partial charge is 0.462 e. The van der Waals surface area contributed by atoms with Gasteiger partial charge in [0, 0.05) is 19.4 Å². The molecule has 1 amide bonds. The van der Waals surface area contributed by atoms with Crippen molar-refractivity contribution in [2.75, 3.05) is 13.2 Å². The molecule has 8 heteroatoms. The lowest BCUT2D eigenvalue weighted by molar-refractivity contribution is -0.171. The van der Waals surface area contributed by atoms with Gasteiger partial charge in [0.15, 0.2) is 0 Å². The van der Waals surface area contributed by atoms with Crippen molar-refractivity contribution >= 4 is 11.9 Å². The van der Waals surface area contributed by atoms with Crippen LogP contribution in [0.3, 0.4) is 0 Å². The predicted molar refractivity (Wildman–Crippen MR) is 132 cm³/mol. The molecule has 3 fully saturated rings. The van der Waals surface area contributed by atoms with Crippen molar-refractivity contribution in [1.29, 1.82) is 0 Å². The van der Waals surface area contributed by atoms with Gasteiger partial charge in [0.2, 0.25) is 5.91 Å². The summed E-state index contributed by atoms with van der Waals surface area (Å²) in [4.78, 5) is 22.9. The number of ether oxygens (including phenoxy) is 4. The van der Waals surface area contributed by atoms with E-state index >= 15 is 0 Å². The Hall–Kier alpha value is -2.00. The number of aliphatic hydroxyl groups is 1. The summed E-state index contributed by atoms with van der Waals surface area (Å²) >= 11 is 0. The number of epoxide rings is 1. The van der Waals surface area contributed by atoms with E-state index < -0.39 is 17.8 Å². The predicted octanol–water partition coefficient (Wildman–Crippen LogP) is 2.99. The van der Waals surface area contributed by atoms with Gasteiger partial charge in [-0.15, -0.1) is 0 Å². The maximum atomic E-state index is 12.2. The van der Waals surface area contributed by atoms with Crippen LogP contribution in [0.2, 0.25) is 0 Å². The zero-order chi connectivity index (χ0) is 25.8. The lowest BCUT2D eigenvalue weighted by Gasteiger charge is -2.41. The molecule has 3 aliphatic rings. The molecular formula is C27H41NO7. The highest BCUT2D eigenvalue weighted by Gasteiger charge is 2.60.